The van der Waals surface area contributed by atoms with Crippen LogP contribution in [-0.4, -0.2) is 31.1 Å². The van der Waals surface area contributed by atoms with Gasteiger partial charge in [-0.15, -0.1) is 0 Å². The lowest BCUT2D eigenvalue weighted by Crippen LogP contribution is -2.25. The summed E-state index contributed by atoms with van der Waals surface area (Å²) in [7, 11) is 0. The first-order chi connectivity index (χ1) is 10.2. The van der Waals surface area contributed by atoms with Gasteiger partial charge in [0.2, 0.25) is 0 Å². The predicted octanol–water partition coefficient (Wildman–Crippen LogP) is 4.84. The third-order valence-electron chi connectivity index (χ3n) is 4.00. The molecule has 1 aliphatic rings. The summed E-state index contributed by atoms with van der Waals surface area (Å²) < 4.78 is 19.3. The second kappa shape index (κ2) is 9.78. The molecule has 0 aromatic heterocycles. The largest absolute Gasteiger partial charge is 0.489 e. The number of benzene rings is 1. The lowest BCUT2D eigenvalue weighted by atomic mass is 9.98. The van der Waals surface area contributed by atoms with Gasteiger partial charge in [0.25, 0.3) is 0 Å². The van der Waals surface area contributed by atoms with Crippen LogP contribution in [0, 0.1) is 5.82 Å². The molecule has 0 amide bonds. The fourth-order valence-corrected chi connectivity index (χ4v) is 2.46. The van der Waals surface area contributed by atoms with E-state index < -0.39 is 0 Å². The normalized spacial score (nSPS) is 16.2. The summed E-state index contributed by atoms with van der Waals surface area (Å²) >= 11 is 0. The topological polar surface area (TPSA) is 12.5 Å². The van der Waals surface area contributed by atoms with Gasteiger partial charge in [-0.1, -0.05) is 33.8 Å². The number of rotatable bonds is 6. The second-order valence-corrected chi connectivity index (χ2v) is 5.40. The minimum atomic E-state index is -0.256. The van der Waals surface area contributed by atoms with Crippen molar-refractivity contribution in [1.29, 1.82) is 0 Å². The molecule has 2 nitrogen and oxygen atoms in total. The van der Waals surface area contributed by atoms with Crippen molar-refractivity contribution in [1.82, 2.24) is 4.90 Å². The Balaban J connectivity index is 0.00000106. The van der Waals surface area contributed by atoms with E-state index in [0.29, 0.717) is 18.3 Å². The monoisotopic (exact) mass is 295 g/mol. The molecular weight excluding hydrogens is 265 g/mol. The third-order valence-corrected chi connectivity index (χ3v) is 4.00. The molecule has 1 atom stereocenters. The average Bonchev–Trinajstić information content (AvgIpc) is 3.03. The minimum absolute atomic E-state index is 0.256. The number of nitrogens with zero attached hydrogens (tertiary/aromatic N) is 1. The highest BCUT2D eigenvalue weighted by Gasteiger charge is 2.12. The first kappa shape index (κ1) is 18.0. The maximum atomic E-state index is 13.7. The SMILES string of the molecule is CC.CCC(C)c1ccc(F)c(OCCN2CCCC2)c1. The van der Waals surface area contributed by atoms with E-state index in [1.807, 2.05) is 26.0 Å². The van der Waals surface area contributed by atoms with Crippen LogP contribution in [0.5, 0.6) is 5.75 Å². The van der Waals surface area contributed by atoms with Gasteiger partial charge in [0.05, 0.1) is 0 Å². The molecule has 1 heterocycles. The summed E-state index contributed by atoms with van der Waals surface area (Å²) in [6, 6.07) is 5.23. The van der Waals surface area contributed by atoms with Crippen molar-refractivity contribution >= 4 is 0 Å². The zero-order valence-electron chi connectivity index (χ0n) is 14.0. The van der Waals surface area contributed by atoms with E-state index in [2.05, 4.69) is 18.7 Å². The van der Waals surface area contributed by atoms with E-state index in [-0.39, 0.29) is 5.82 Å². The van der Waals surface area contributed by atoms with E-state index in [0.717, 1.165) is 31.6 Å². The Labute approximate surface area is 129 Å². The fraction of sp³-hybridized carbons (Fsp3) is 0.667. The zero-order valence-corrected chi connectivity index (χ0v) is 14.0. The molecule has 0 aliphatic carbocycles. The van der Waals surface area contributed by atoms with Crippen LogP contribution in [0.15, 0.2) is 18.2 Å². The number of hydrogen-bond acceptors (Lipinski definition) is 2. The molecule has 1 unspecified atom stereocenters. The number of ether oxygens (including phenoxy) is 1. The van der Waals surface area contributed by atoms with Gasteiger partial charge < -0.3 is 4.74 Å². The van der Waals surface area contributed by atoms with Crippen LogP contribution in [0.1, 0.15) is 58.4 Å². The Morgan fingerprint density at radius 2 is 1.90 bits per heavy atom. The first-order valence-corrected chi connectivity index (χ1v) is 8.35. The van der Waals surface area contributed by atoms with Gasteiger partial charge in [0.15, 0.2) is 11.6 Å². The van der Waals surface area contributed by atoms with Gasteiger partial charge in [-0.2, -0.15) is 0 Å². The Kier molecular flexibility index (Phi) is 8.36. The van der Waals surface area contributed by atoms with Crippen molar-refractivity contribution < 1.29 is 9.13 Å². The van der Waals surface area contributed by atoms with E-state index >= 15 is 0 Å². The Morgan fingerprint density at radius 3 is 2.52 bits per heavy atom. The fourth-order valence-electron chi connectivity index (χ4n) is 2.46. The van der Waals surface area contributed by atoms with Crippen molar-refractivity contribution in [2.75, 3.05) is 26.2 Å². The minimum Gasteiger partial charge on any atom is -0.489 e. The number of halogens is 1. The van der Waals surface area contributed by atoms with Crippen molar-refractivity contribution in [2.24, 2.45) is 0 Å². The van der Waals surface area contributed by atoms with Gasteiger partial charge in [-0.25, -0.2) is 4.39 Å². The molecule has 1 saturated heterocycles. The third kappa shape index (κ3) is 5.66. The number of hydrogen-bond donors (Lipinski definition) is 0. The van der Waals surface area contributed by atoms with Crippen LogP contribution in [-0.2, 0) is 0 Å². The summed E-state index contributed by atoms with van der Waals surface area (Å²) in [5, 5.41) is 0. The summed E-state index contributed by atoms with van der Waals surface area (Å²) in [5.41, 5.74) is 1.15. The Morgan fingerprint density at radius 1 is 1.24 bits per heavy atom. The van der Waals surface area contributed by atoms with Gasteiger partial charge in [0.1, 0.15) is 6.61 Å². The smallest absolute Gasteiger partial charge is 0.165 e. The van der Waals surface area contributed by atoms with Crippen molar-refractivity contribution in [3.63, 3.8) is 0 Å². The summed E-state index contributed by atoms with van der Waals surface area (Å²) in [4.78, 5) is 2.37. The molecule has 1 aromatic rings. The van der Waals surface area contributed by atoms with Gasteiger partial charge >= 0.3 is 0 Å². The molecule has 2 rings (SSSR count). The van der Waals surface area contributed by atoms with Crippen molar-refractivity contribution in [3.05, 3.63) is 29.6 Å². The average molecular weight is 295 g/mol. The van der Waals surface area contributed by atoms with Crippen molar-refractivity contribution in [2.45, 2.75) is 52.9 Å². The van der Waals surface area contributed by atoms with Gasteiger partial charge in [0, 0.05) is 6.54 Å². The van der Waals surface area contributed by atoms with Crippen LogP contribution >= 0.6 is 0 Å². The predicted molar refractivity (Wildman–Crippen MR) is 87.6 cm³/mol. The van der Waals surface area contributed by atoms with Crippen LogP contribution in [0.25, 0.3) is 0 Å². The maximum Gasteiger partial charge on any atom is 0.165 e. The number of likely N-dealkylation sites (tertiary alicyclic amines) is 1. The molecule has 1 aliphatic heterocycles. The van der Waals surface area contributed by atoms with Crippen LogP contribution < -0.4 is 4.74 Å². The molecule has 120 valence electrons. The van der Waals surface area contributed by atoms with E-state index in [1.54, 1.807) is 0 Å². The van der Waals surface area contributed by atoms with Crippen molar-refractivity contribution in [3.8, 4) is 5.75 Å². The van der Waals surface area contributed by atoms with E-state index in [4.69, 9.17) is 4.74 Å². The van der Waals surface area contributed by atoms with Gasteiger partial charge in [-0.3, -0.25) is 4.90 Å². The lowest BCUT2D eigenvalue weighted by Gasteiger charge is -2.16. The molecule has 0 N–H and O–H groups in total. The zero-order chi connectivity index (χ0) is 15.7. The molecule has 1 fully saturated rings. The highest BCUT2D eigenvalue weighted by atomic mass is 19.1. The van der Waals surface area contributed by atoms with Crippen LogP contribution in [0.2, 0.25) is 0 Å². The van der Waals surface area contributed by atoms with E-state index in [9.17, 15) is 4.39 Å². The second-order valence-electron chi connectivity index (χ2n) is 5.40. The molecule has 0 bridgehead atoms. The molecular formula is C18H30FNO. The molecule has 21 heavy (non-hydrogen) atoms. The molecule has 1 aromatic carbocycles. The molecule has 0 spiro atoms. The Bertz CT molecular complexity index is 402. The molecule has 3 heteroatoms. The highest BCUT2D eigenvalue weighted by molar-refractivity contribution is 5.32. The summed E-state index contributed by atoms with van der Waals surface area (Å²) in [6.07, 6.45) is 3.61. The lowest BCUT2D eigenvalue weighted by molar-refractivity contribution is 0.231. The maximum absolute atomic E-state index is 13.7. The van der Waals surface area contributed by atoms with E-state index in [1.165, 1.54) is 18.9 Å². The summed E-state index contributed by atoms with van der Waals surface area (Å²) in [5.74, 6) is 0.590. The molecule has 0 radical (unpaired) electrons. The summed E-state index contributed by atoms with van der Waals surface area (Å²) in [6.45, 7) is 12.1. The Hall–Kier alpha value is -1.09. The first-order valence-electron chi connectivity index (χ1n) is 8.35. The van der Waals surface area contributed by atoms with Gasteiger partial charge in [-0.05, 0) is 56.0 Å². The van der Waals surface area contributed by atoms with Crippen LogP contribution in [0.3, 0.4) is 0 Å². The van der Waals surface area contributed by atoms with Crippen LogP contribution in [0.4, 0.5) is 4.39 Å². The quantitative estimate of drug-likeness (QED) is 0.744. The highest BCUT2D eigenvalue weighted by Crippen LogP contribution is 2.25. The standard InChI is InChI=1S/C16H24FNO.C2H6/c1-3-13(2)14-6-7-15(17)16(12-14)19-11-10-18-8-4-5-9-18;1-2/h6-7,12-13H,3-5,8-11H2,1-2H3;1-2H3. The molecule has 0 saturated carbocycles.